The molecule has 5 nitrogen and oxygen atoms in total. The molecule has 5 rings (SSSR count). The molecule has 0 unspecified atom stereocenters. The van der Waals surface area contributed by atoms with Crippen molar-refractivity contribution in [3.8, 4) is 0 Å². The number of likely N-dealkylation sites (tertiary alicyclic amines) is 1. The van der Waals surface area contributed by atoms with Gasteiger partial charge in [0.15, 0.2) is 0 Å². The molecule has 0 atom stereocenters. The van der Waals surface area contributed by atoms with Crippen LogP contribution in [0.5, 0.6) is 0 Å². The van der Waals surface area contributed by atoms with Gasteiger partial charge in [0.2, 0.25) is 0 Å². The molecule has 0 aliphatic carbocycles. The van der Waals surface area contributed by atoms with Crippen LogP contribution in [0.2, 0.25) is 0 Å². The zero-order chi connectivity index (χ0) is 21.8. The number of amides is 1. The third-order valence-electron chi connectivity index (χ3n) is 6.84. The molecule has 0 spiro atoms. The van der Waals surface area contributed by atoms with E-state index in [-0.39, 0.29) is 5.91 Å². The molecule has 2 aliphatic heterocycles. The lowest BCUT2D eigenvalue weighted by Gasteiger charge is -2.26. The number of carbonyl (C=O) groups is 1. The van der Waals surface area contributed by atoms with Crippen molar-refractivity contribution < 1.29 is 4.79 Å². The first-order valence-electron chi connectivity index (χ1n) is 12.0. The zero-order valence-electron chi connectivity index (χ0n) is 18.7. The van der Waals surface area contributed by atoms with E-state index in [2.05, 4.69) is 56.9 Å². The standard InChI is InChI=1S/C27H32N4O/c32-27(30-16-6-7-17-30)24-11-8-12-25-26(24)28-21-31(25)18-5-4-15-29-19-13-23(14-20-29)22-9-2-1-3-10-22/h1-3,8-13,21H,4-7,14-20H2. The van der Waals surface area contributed by atoms with Crippen LogP contribution in [0.25, 0.3) is 16.6 Å². The van der Waals surface area contributed by atoms with Crippen LogP contribution in [0.15, 0.2) is 60.9 Å². The largest absolute Gasteiger partial charge is 0.339 e. The van der Waals surface area contributed by atoms with E-state index in [1.807, 2.05) is 23.4 Å². The summed E-state index contributed by atoms with van der Waals surface area (Å²) in [6.07, 6.45) is 9.92. The number of nitrogens with zero attached hydrogens (tertiary/aromatic N) is 4. The van der Waals surface area contributed by atoms with Crippen LogP contribution in [0, 0.1) is 0 Å². The highest BCUT2D eigenvalue weighted by atomic mass is 16.2. The zero-order valence-corrected chi connectivity index (χ0v) is 18.7. The lowest BCUT2D eigenvalue weighted by molar-refractivity contribution is 0.0794. The summed E-state index contributed by atoms with van der Waals surface area (Å²) < 4.78 is 2.21. The highest BCUT2D eigenvalue weighted by molar-refractivity contribution is 6.05. The number of imidazole rings is 1. The summed E-state index contributed by atoms with van der Waals surface area (Å²) in [6.45, 7) is 5.99. The third kappa shape index (κ3) is 4.49. The summed E-state index contributed by atoms with van der Waals surface area (Å²) >= 11 is 0. The number of aromatic nitrogens is 2. The minimum Gasteiger partial charge on any atom is -0.339 e. The molecule has 1 amide bonds. The Hall–Kier alpha value is -2.92. The third-order valence-corrected chi connectivity index (χ3v) is 6.84. The van der Waals surface area contributed by atoms with Crippen molar-refractivity contribution in [2.24, 2.45) is 0 Å². The number of unbranched alkanes of at least 4 members (excludes halogenated alkanes) is 1. The summed E-state index contributed by atoms with van der Waals surface area (Å²) in [4.78, 5) is 22.0. The van der Waals surface area contributed by atoms with Gasteiger partial charge < -0.3 is 9.47 Å². The minimum atomic E-state index is 0.131. The van der Waals surface area contributed by atoms with E-state index in [0.29, 0.717) is 0 Å². The second-order valence-corrected chi connectivity index (χ2v) is 8.96. The lowest BCUT2D eigenvalue weighted by Crippen LogP contribution is -2.29. The summed E-state index contributed by atoms with van der Waals surface area (Å²) in [5.41, 5.74) is 5.51. The Labute approximate surface area is 190 Å². The minimum absolute atomic E-state index is 0.131. The molecule has 2 aliphatic rings. The highest BCUT2D eigenvalue weighted by Crippen LogP contribution is 2.23. The van der Waals surface area contributed by atoms with Crippen molar-refractivity contribution in [1.82, 2.24) is 19.4 Å². The Morgan fingerprint density at radius 3 is 2.50 bits per heavy atom. The average Bonchev–Trinajstić information content (AvgIpc) is 3.53. The topological polar surface area (TPSA) is 41.4 Å². The van der Waals surface area contributed by atoms with E-state index >= 15 is 0 Å². The molecule has 2 aromatic carbocycles. The Kier molecular flexibility index (Phi) is 6.35. The average molecular weight is 429 g/mol. The van der Waals surface area contributed by atoms with Gasteiger partial charge in [-0.05, 0) is 61.9 Å². The second-order valence-electron chi connectivity index (χ2n) is 8.96. The molecule has 0 N–H and O–H groups in total. The fourth-order valence-corrected chi connectivity index (χ4v) is 4.98. The Bertz CT molecular complexity index is 1100. The summed E-state index contributed by atoms with van der Waals surface area (Å²) in [5.74, 6) is 0.131. The fraction of sp³-hybridized carbons (Fsp3) is 0.407. The molecular weight excluding hydrogens is 396 g/mol. The quantitative estimate of drug-likeness (QED) is 0.506. The van der Waals surface area contributed by atoms with Gasteiger partial charge in [-0.2, -0.15) is 0 Å². The van der Waals surface area contributed by atoms with Gasteiger partial charge in [0.1, 0.15) is 5.52 Å². The van der Waals surface area contributed by atoms with Crippen LogP contribution < -0.4 is 0 Å². The molecule has 3 aromatic rings. The summed E-state index contributed by atoms with van der Waals surface area (Å²) in [7, 11) is 0. The molecule has 1 saturated heterocycles. The van der Waals surface area contributed by atoms with E-state index in [9.17, 15) is 4.79 Å². The summed E-state index contributed by atoms with van der Waals surface area (Å²) in [6, 6.07) is 16.7. The van der Waals surface area contributed by atoms with Crippen molar-refractivity contribution in [1.29, 1.82) is 0 Å². The number of para-hydroxylation sites is 1. The van der Waals surface area contributed by atoms with Crippen molar-refractivity contribution in [3.05, 3.63) is 72.1 Å². The normalized spacial score (nSPS) is 17.1. The van der Waals surface area contributed by atoms with Crippen molar-refractivity contribution in [2.45, 2.75) is 38.6 Å². The molecule has 32 heavy (non-hydrogen) atoms. The maximum Gasteiger partial charge on any atom is 0.256 e. The predicted octanol–water partition coefficient (Wildman–Crippen LogP) is 4.84. The number of hydrogen-bond donors (Lipinski definition) is 0. The molecular formula is C27H32N4O. The fourth-order valence-electron chi connectivity index (χ4n) is 4.98. The molecule has 1 aromatic heterocycles. The molecule has 0 radical (unpaired) electrons. The Morgan fingerprint density at radius 2 is 1.72 bits per heavy atom. The predicted molar refractivity (Wildman–Crippen MR) is 130 cm³/mol. The van der Waals surface area contributed by atoms with Gasteiger partial charge in [0.05, 0.1) is 17.4 Å². The molecule has 0 saturated carbocycles. The van der Waals surface area contributed by atoms with Gasteiger partial charge in [-0.1, -0.05) is 42.5 Å². The van der Waals surface area contributed by atoms with Crippen molar-refractivity contribution >= 4 is 22.5 Å². The number of carbonyl (C=O) groups excluding carboxylic acids is 1. The summed E-state index contributed by atoms with van der Waals surface area (Å²) in [5, 5.41) is 0. The number of hydrogen-bond acceptors (Lipinski definition) is 3. The van der Waals surface area contributed by atoms with Crippen molar-refractivity contribution in [2.75, 3.05) is 32.7 Å². The molecule has 5 heteroatoms. The monoisotopic (exact) mass is 428 g/mol. The maximum absolute atomic E-state index is 12.9. The first-order valence-corrected chi connectivity index (χ1v) is 12.0. The maximum atomic E-state index is 12.9. The van der Waals surface area contributed by atoms with Crippen molar-refractivity contribution in [3.63, 3.8) is 0 Å². The van der Waals surface area contributed by atoms with E-state index in [4.69, 9.17) is 0 Å². The number of benzene rings is 2. The van der Waals surface area contributed by atoms with Crippen LogP contribution in [-0.4, -0.2) is 58.0 Å². The van der Waals surface area contributed by atoms with Gasteiger partial charge in [0, 0.05) is 32.7 Å². The SMILES string of the molecule is O=C(c1cccc2c1ncn2CCCCN1CC=C(c2ccccc2)CC1)N1CCCC1. The van der Waals surface area contributed by atoms with E-state index < -0.39 is 0 Å². The van der Waals surface area contributed by atoms with E-state index in [1.54, 1.807) is 0 Å². The van der Waals surface area contributed by atoms with Crippen LogP contribution >= 0.6 is 0 Å². The Balaban J connectivity index is 1.14. The van der Waals surface area contributed by atoms with Gasteiger partial charge in [-0.3, -0.25) is 9.69 Å². The molecule has 166 valence electrons. The number of rotatable bonds is 7. The van der Waals surface area contributed by atoms with Crippen LogP contribution in [0.1, 0.15) is 48.0 Å². The molecule has 0 bridgehead atoms. The van der Waals surface area contributed by atoms with Crippen LogP contribution in [-0.2, 0) is 6.54 Å². The van der Waals surface area contributed by atoms with E-state index in [1.165, 1.54) is 17.6 Å². The Morgan fingerprint density at radius 1 is 0.906 bits per heavy atom. The smallest absolute Gasteiger partial charge is 0.256 e. The first kappa shape index (κ1) is 21.0. The lowest BCUT2D eigenvalue weighted by atomic mass is 9.99. The molecule has 1 fully saturated rings. The van der Waals surface area contributed by atoms with Crippen LogP contribution in [0.3, 0.4) is 0 Å². The second kappa shape index (κ2) is 9.70. The first-order chi connectivity index (χ1) is 15.8. The van der Waals surface area contributed by atoms with Gasteiger partial charge in [-0.25, -0.2) is 4.98 Å². The number of aryl methyl sites for hydroxylation is 1. The number of fused-ring (bicyclic) bond motifs is 1. The van der Waals surface area contributed by atoms with Crippen LogP contribution in [0.4, 0.5) is 0 Å². The highest BCUT2D eigenvalue weighted by Gasteiger charge is 2.22. The van der Waals surface area contributed by atoms with Gasteiger partial charge >= 0.3 is 0 Å². The van der Waals surface area contributed by atoms with E-state index in [0.717, 1.165) is 81.5 Å². The van der Waals surface area contributed by atoms with Gasteiger partial charge in [-0.15, -0.1) is 0 Å². The molecule has 3 heterocycles. The van der Waals surface area contributed by atoms with Gasteiger partial charge in [0.25, 0.3) is 5.91 Å².